The summed E-state index contributed by atoms with van der Waals surface area (Å²) in [4.78, 5) is 0. The molecule has 1 N–H and O–H groups in total. The molecular formula is C9H16F2O. The van der Waals surface area contributed by atoms with Crippen molar-refractivity contribution < 1.29 is 13.9 Å². The van der Waals surface area contributed by atoms with Crippen molar-refractivity contribution >= 4 is 0 Å². The summed E-state index contributed by atoms with van der Waals surface area (Å²) in [6, 6.07) is 0. The van der Waals surface area contributed by atoms with Gasteiger partial charge in [-0.3, -0.25) is 0 Å². The Morgan fingerprint density at radius 2 is 1.92 bits per heavy atom. The van der Waals surface area contributed by atoms with E-state index in [0.29, 0.717) is 6.42 Å². The topological polar surface area (TPSA) is 20.2 Å². The molecule has 72 valence electrons. The van der Waals surface area contributed by atoms with Crippen LogP contribution < -0.4 is 0 Å². The van der Waals surface area contributed by atoms with Crippen LogP contribution in [-0.2, 0) is 0 Å². The van der Waals surface area contributed by atoms with Gasteiger partial charge in [-0.15, -0.1) is 0 Å². The fraction of sp³-hybridized carbons (Fsp3) is 0.778. The van der Waals surface area contributed by atoms with Gasteiger partial charge in [0, 0.05) is 0 Å². The van der Waals surface area contributed by atoms with Gasteiger partial charge >= 0.3 is 0 Å². The second-order valence-electron chi connectivity index (χ2n) is 2.78. The minimum Gasteiger partial charge on any atom is -0.389 e. The molecule has 0 heterocycles. The molecule has 0 fully saturated rings. The van der Waals surface area contributed by atoms with E-state index in [1.807, 2.05) is 0 Å². The lowest BCUT2D eigenvalue weighted by Crippen LogP contribution is -2.02. The maximum Gasteiger partial charge on any atom is 0.257 e. The Morgan fingerprint density at radius 3 is 2.42 bits per heavy atom. The minimum absolute atomic E-state index is 0.580. The molecule has 0 aliphatic rings. The summed E-state index contributed by atoms with van der Waals surface area (Å²) in [6.45, 7) is 2.06. The Hall–Kier alpha value is -0.440. The molecular weight excluding hydrogens is 162 g/mol. The molecule has 0 aromatic heterocycles. The van der Waals surface area contributed by atoms with Crippen LogP contribution in [0.25, 0.3) is 0 Å². The largest absolute Gasteiger partial charge is 0.389 e. The number of allylic oxidation sites excluding steroid dienone is 1. The quantitative estimate of drug-likeness (QED) is 0.489. The van der Waals surface area contributed by atoms with Crippen LogP contribution in [0.2, 0.25) is 0 Å². The molecule has 1 atom stereocenters. The van der Waals surface area contributed by atoms with Crippen LogP contribution in [0.3, 0.4) is 0 Å². The highest BCUT2D eigenvalue weighted by Gasteiger charge is 2.00. The van der Waals surface area contributed by atoms with Crippen molar-refractivity contribution in [3.8, 4) is 0 Å². The Bertz CT molecular complexity index is 124. The van der Waals surface area contributed by atoms with Crippen molar-refractivity contribution in [3.63, 3.8) is 0 Å². The standard InChI is InChI=1S/C9H16F2O/c1-2-3-4-5-8(12)6-7-9(10)11/h6-9,12H,2-5H2,1H3/b7-6-/t8-/m1/s1. The first-order valence-corrected chi connectivity index (χ1v) is 4.31. The molecule has 0 bridgehead atoms. The zero-order valence-electron chi connectivity index (χ0n) is 7.34. The van der Waals surface area contributed by atoms with Crippen LogP contribution in [0.1, 0.15) is 32.6 Å². The van der Waals surface area contributed by atoms with Gasteiger partial charge in [0.15, 0.2) is 0 Å². The van der Waals surface area contributed by atoms with Gasteiger partial charge in [-0.25, -0.2) is 8.78 Å². The van der Waals surface area contributed by atoms with E-state index in [-0.39, 0.29) is 0 Å². The van der Waals surface area contributed by atoms with Crippen LogP contribution in [0, 0.1) is 0 Å². The van der Waals surface area contributed by atoms with E-state index in [1.165, 1.54) is 6.08 Å². The minimum atomic E-state index is -2.45. The Morgan fingerprint density at radius 1 is 1.25 bits per heavy atom. The molecule has 0 saturated carbocycles. The second kappa shape index (κ2) is 7.22. The van der Waals surface area contributed by atoms with Gasteiger partial charge in [0.1, 0.15) is 0 Å². The summed E-state index contributed by atoms with van der Waals surface area (Å²) in [5, 5.41) is 9.10. The first-order chi connectivity index (χ1) is 5.66. The molecule has 0 unspecified atom stereocenters. The van der Waals surface area contributed by atoms with Gasteiger partial charge in [-0.2, -0.15) is 0 Å². The number of aliphatic hydroxyl groups excluding tert-OH is 1. The third kappa shape index (κ3) is 7.66. The van der Waals surface area contributed by atoms with Crippen molar-refractivity contribution in [3.05, 3.63) is 12.2 Å². The monoisotopic (exact) mass is 178 g/mol. The lowest BCUT2D eigenvalue weighted by Gasteiger charge is -2.03. The highest BCUT2D eigenvalue weighted by molar-refractivity contribution is 4.90. The maximum absolute atomic E-state index is 11.6. The fourth-order valence-corrected chi connectivity index (χ4v) is 0.912. The van der Waals surface area contributed by atoms with Crippen molar-refractivity contribution in [1.82, 2.24) is 0 Å². The third-order valence-corrected chi connectivity index (χ3v) is 1.58. The summed E-state index contributed by atoms with van der Waals surface area (Å²) < 4.78 is 23.2. The number of hydrogen-bond donors (Lipinski definition) is 1. The molecule has 0 amide bonds. The maximum atomic E-state index is 11.6. The number of rotatable bonds is 6. The van der Waals surface area contributed by atoms with Gasteiger partial charge in [-0.05, 0) is 12.5 Å². The summed E-state index contributed by atoms with van der Waals surface area (Å²) in [6.07, 6.45) is 2.33. The molecule has 0 spiro atoms. The molecule has 0 radical (unpaired) electrons. The van der Waals surface area contributed by atoms with Gasteiger partial charge in [0.2, 0.25) is 0 Å². The zero-order valence-corrected chi connectivity index (χ0v) is 7.34. The van der Waals surface area contributed by atoms with Crippen LogP contribution in [0.5, 0.6) is 0 Å². The fourth-order valence-electron chi connectivity index (χ4n) is 0.912. The molecule has 1 nitrogen and oxygen atoms in total. The molecule has 0 aliphatic carbocycles. The van der Waals surface area contributed by atoms with Gasteiger partial charge in [0.05, 0.1) is 6.10 Å². The average molecular weight is 178 g/mol. The van der Waals surface area contributed by atoms with Crippen molar-refractivity contribution in [2.45, 2.75) is 45.1 Å². The SMILES string of the molecule is CCCCC[C@@H](O)/C=C\C(F)F. The molecule has 12 heavy (non-hydrogen) atoms. The van der Waals surface area contributed by atoms with E-state index in [1.54, 1.807) is 0 Å². The lowest BCUT2D eigenvalue weighted by molar-refractivity contribution is 0.188. The number of hydrogen-bond acceptors (Lipinski definition) is 1. The van der Waals surface area contributed by atoms with Crippen LogP contribution in [-0.4, -0.2) is 17.6 Å². The summed E-state index contributed by atoms with van der Waals surface area (Å²) in [5.74, 6) is 0. The van der Waals surface area contributed by atoms with Crippen molar-refractivity contribution in [2.75, 3.05) is 0 Å². The van der Waals surface area contributed by atoms with Crippen LogP contribution in [0.4, 0.5) is 8.78 Å². The zero-order chi connectivity index (χ0) is 9.40. The molecule has 0 aromatic carbocycles. The average Bonchev–Trinajstić information content (AvgIpc) is 2.01. The third-order valence-electron chi connectivity index (χ3n) is 1.58. The normalized spacial score (nSPS) is 14.4. The summed E-state index contributed by atoms with van der Waals surface area (Å²) >= 11 is 0. The number of unbranched alkanes of at least 4 members (excludes halogenated alkanes) is 2. The summed E-state index contributed by atoms with van der Waals surface area (Å²) in [7, 11) is 0. The van der Waals surface area contributed by atoms with Crippen molar-refractivity contribution in [2.24, 2.45) is 0 Å². The van der Waals surface area contributed by atoms with E-state index in [2.05, 4.69) is 6.92 Å². The second-order valence-corrected chi connectivity index (χ2v) is 2.78. The Balaban J connectivity index is 3.38. The molecule has 0 aromatic rings. The predicted octanol–water partition coefficient (Wildman–Crippen LogP) is 2.75. The van der Waals surface area contributed by atoms with Crippen molar-refractivity contribution in [1.29, 1.82) is 0 Å². The Labute approximate surface area is 72.1 Å². The summed E-state index contributed by atoms with van der Waals surface area (Å²) in [5.41, 5.74) is 0. The van der Waals surface area contributed by atoms with E-state index < -0.39 is 12.5 Å². The Kier molecular flexibility index (Phi) is 6.96. The van der Waals surface area contributed by atoms with Crippen LogP contribution >= 0.6 is 0 Å². The highest BCUT2D eigenvalue weighted by Crippen LogP contribution is 2.05. The molecule has 0 rings (SSSR count). The predicted molar refractivity (Wildman–Crippen MR) is 45.3 cm³/mol. The van der Waals surface area contributed by atoms with Gasteiger partial charge in [-0.1, -0.05) is 32.3 Å². The van der Waals surface area contributed by atoms with E-state index in [0.717, 1.165) is 25.3 Å². The number of halogens is 2. The van der Waals surface area contributed by atoms with Gasteiger partial charge in [0.25, 0.3) is 6.43 Å². The number of alkyl halides is 2. The van der Waals surface area contributed by atoms with E-state index in [9.17, 15) is 8.78 Å². The van der Waals surface area contributed by atoms with E-state index in [4.69, 9.17) is 5.11 Å². The smallest absolute Gasteiger partial charge is 0.257 e. The first kappa shape index (κ1) is 11.6. The van der Waals surface area contributed by atoms with Crippen LogP contribution in [0.15, 0.2) is 12.2 Å². The molecule has 0 saturated heterocycles. The first-order valence-electron chi connectivity index (χ1n) is 4.31. The van der Waals surface area contributed by atoms with E-state index >= 15 is 0 Å². The lowest BCUT2D eigenvalue weighted by atomic mass is 10.1. The number of aliphatic hydroxyl groups is 1. The molecule has 3 heteroatoms. The highest BCUT2D eigenvalue weighted by atomic mass is 19.3. The molecule has 0 aliphatic heterocycles. The van der Waals surface area contributed by atoms with Gasteiger partial charge < -0.3 is 5.11 Å².